The number of nitrogens with one attached hydrogen (secondary N) is 1. The van der Waals surface area contributed by atoms with Gasteiger partial charge in [-0.15, -0.1) is 0 Å². The first-order valence-electron chi connectivity index (χ1n) is 5.65. The number of nitrogens with zero attached hydrogens (tertiary/aromatic N) is 2. The highest BCUT2D eigenvalue weighted by Crippen LogP contribution is 2.20. The molecule has 1 fully saturated rings. The number of rotatable bonds is 2. The monoisotopic (exact) mass is 253 g/mol. The van der Waals surface area contributed by atoms with Crippen molar-refractivity contribution in [2.75, 3.05) is 13.1 Å². The van der Waals surface area contributed by atoms with E-state index in [0.29, 0.717) is 18.2 Å². The summed E-state index contributed by atoms with van der Waals surface area (Å²) in [6, 6.07) is 5.55. The Morgan fingerprint density at radius 1 is 1.53 bits per heavy atom. The summed E-state index contributed by atoms with van der Waals surface area (Å²) in [5.74, 6) is 0.0609. The van der Waals surface area contributed by atoms with Crippen molar-refractivity contribution >= 4 is 17.5 Å². The molecule has 0 aliphatic carbocycles. The molecule has 0 spiro atoms. The van der Waals surface area contributed by atoms with Crippen LogP contribution >= 0.6 is 11.6 Å². The molecule has 0 atom stereocenters. The van der Waals surface area contributed by atoms with Gasteiger partial charge in [0.05, 0.1) is 11.2 Å². The van der Waals surface area contributed by atoms with E-state index in [-0.39, 0.29) is 5.91 Å². The minimum atomic E-state index is -0.498. The van der Waals surface area contributed by atoms with Crippen LogP contribution in [0.2, 0.25) is 5.15 Å². The zero-order valence-electron chi connectivity index (χ0n) is 10.0. The van der Waals surface area contributed by atoms with Crippen molar-refractivity contribution in [3.05, 3.63) is 29.0 Å². The Balaban J connectivity index is 2.15. The van der Waals surface area contributed by atoms with E-state index in [2.05, 4.69) is 15.2 Å². The van der Waals surface area contributed by atoms with Gasteiger partial charge >= 0.3 is 0 Å². The average Bonchev–Trinajstić information content (AvgIpc) is 2.25. The molecule has 1 aromatic rings. The summed E-state index contributed by atoms with van der Waals surface area (Å²) in [5.41, 5.74) is 0.391. The fraction of sp³-hybridized carbons (Fsp3) is 0.500. The molecule has 1 N–H and O–H groups in total. The molecule has 4 nitrogen and oxygen atoms in total. The van der Waals surface area contributed by atoms with Crippen molar-refractivity contribution in [3.8, 4) is 0 Å². The van der Waals surface area contributed by atoms with Gasteiger partial charge in [-0.05, 0) is 26.0 Å². The van der Waals surface area contributed by atoms with Crippen LogP contribution in [0.4, 0.5) is 0 Å². The van der Waals surface area contributed by atoms with E-state index in [4.69, 9.17) is 11.6 Å². The van der Waals surface area contributed by atoms with Crippen molar-refractivity contribution in [1.82, 2.24) is 15.2 Å². The van der Waals surface area contributed by atoms with E-state index in [1.54, 1.807) is 6.07 Å². The Hall–Kier alpha value is -1.13. The van der Waals surface area contributed by atoms with E-state index in [9.17, 15) is 4.79 Å². The number of piperazine rings is 1. The molecular weight excluding hydrogens is 238 g/mol. The predicted molar refractivity (Wildman–Crippen MR) is 66.7 cm³/mol. The van der Waals surface area contributed by atoms with E-state index in [1.807, 2.05) is 26.0 Å². The standard InChI is InChI=1S/C12H16ClN3O/c1-12(2)11(17)14-6-7-16(12)8-9-4-3-5-10(13)15-9/h3-5H,6-8H2,1-2H3,(H,14,17). The molecule has 1 aliphatic heterocycles. The van der Waals surface area contributed by atoms with Gasteiger partial charge in [0, 0.05) is 19.6 Å². The molecule has 17 heavy (non-hydrogen) atoms. The Bertz CT molecular complexity index is 434. The van der Waals surface area contributed by atoms with Crippen LogP contribution in [-0.4, -0.2) is 34.4 Å². The number of aromatic nitrogens is 1. The van der Waals surface area contributed by atoms with E-state index in [1.165, 1.54) is 0 Å². The fourth-order valence-corrected chi connectivity index (χ4v) is 2.14. The van der Waals surface area contributed by atoms with Crippen molar-refractivity contribution in [1.29, 1.82) is 0 Å². The molecule has 1 aliphatic rings. The Morgan fingerprint density at radius 2 is 2.29 bits per heavy atom. The minimum absolute atomic E-state index is 0.0609. The molecule has 2 rings (SSSR count). The summed E-state index contributed by atoms with van der Waals surface area (Å²) >= 11 is 5.85. The molecule has 92 valence electrons. The summed E-state index contributed by atoms with van der Waals surface area (Å²) in [4.78, 5) is 18.1. The fourth-order valence-electron chi connectivity index (χ4n) is 1.95. The number of amides is 1. The number of pyridine rings is 1. The minimum Gasteiger partial charge on any atom is -0.353 e. The quantitative estimate of drug-likeness (QED) is 0.812. The van der Waals surface area contributed by atoms with Crippen LogP contribution in [0.25, 0.3) is 0 Å². The maximum atomic E-state index is 11.8. The largest absolute Gasteiger partial charge is 0.353 e. The van der Waals surface area contributed by atoms with Gasteiger partial charge in [-0.25, -0.2) is 4.98 Å². The lowest BCUT2D eigenvalue weighted by Crippen LogP contribution is -2.61. The second kappa shape index (κ2) is 4.63. The molecule has 0 bridgehead atoms. The first-order valence-corrected chi connectivity index (χ1v) is 6.03. The van der Waals surface area contributed by atoms with Crippen molar-refractivity contribution in [2.45, 2.75) is 25.9 Å². The first kappa shape index (κ1) is 12.3. The molecule has 2 heterocycles. The molecule has 0 saturated carbocycles. The Morgan fingerprint density at radius 3 is 3.00 bits per heavy atom. The third kappa shape index (κ3) is 2.58. The second-order valence-electron chi connectivity index (χ2n) is 4.69. The van der Waals surface area contributed by atoms with Gasteiger partial charge in [0.15, 0.2) is 0 Å². The maximum absolute atomic E-state index is 11.8. The summed E-state index contributed by atoms with van der Waals surface area (Å²) in [6.07, 6.45) is 0. The highest BCUT2D eigenvalue weighted by molar-refractivity contribution is 6.29. The SMILES string of the molecule is CC1(C)C(=O)NCCN1Cc1cccc(Cl)n1. The molecule has 0 aromatic carbocycles. The molecule has 0 unspecified atom stereocenters. The molecule has 0 radical (unpaired) electrons. The Kier molecular flexibility index (Phi) is 3.35. The highest BCUT2D eigenvalue weighted by atomic mass is 35.5. The van der Waals surface area contributed by atoms with Crippen LogP contribution in [0, 0.1) is 0 Å². The van der Waals surface area contributed by atoms with Gasteiger partial charge in [0.2, 0.25) is 5.91 Å². The van der Waals surface area contributed by atoms with Gasteiger partial charge in [-0.1, -0.05) is 17.7 Å². The van der Waals surface area contributed by atoms with Crippen LogP contribution in [0.1, 0.15) is 19.5 Å². The molecule has 1 saturated heterocycles. The van der Waals surface area contributed by atoms with Gasteiger partial charge < -0.3 is 5.32 Å². The van der Waals surface area contributed by atoms with Crippen LogP contribution in [0.15, 0.2) is 18.2 Å². The number of hydrogen-bond donors (Lipinski definition) is 1. The zero-order valence-corrected chi connectivity index (χ0v) is 10.8. The van der Waals surface area contributed by atoms with E-state index in [0.717, 1.165) is 12.2 Å². The summed E-state index contributed by atoms with van der Waals surface area (Å²) in [6.45, 7) is 5.99. The lowest BCUT2D eigenvalue weighted by molar-refractivity contribution is -0.135. The summed E-state index contributed by atoms with van der Waals surface area (Å²) in [7, 11) is 0. The molecule has 1 aromatic heterocycles. The topological polar surface area (TPSA) is 45.2 Å². The average molecular weight is 254 g/mol. The van der Waals surface area contributed by atoms with Crippen LogP contribution in [-0.2, 0) is 11.3 Å². The lowest BCUT2D eigenvalue weighted by Gasteiger charge is -2.40. The Labute approximate surface area is 106 Å². The molecule has 1 amide bonds. The number of carbonyl (C=O) groups excluding carboxylic acids is 1. The van der Waals surface area contributed by atoms with Crippen molar-refractivity contribution in [2.24, 2.45) is 0 Å². The second-order valence-corrected chi connectivity index (χ2v) is 5.08. The van der Waals surface area contributed by atoms with Gasteiger partial charge in [0.1, 0.15) is 5.15 Å². The third-order valence-electron chi connectivity index (χ3n) is 3.14. The highest BCUT2D eigenvalue weighted by Gasteiger charge is 2.37. The van der Waals surface area contributed by atoms with E-state index >= 15 is 0 Å². The predicted octanol–water partition coefficient (Wildman–Crippen LogP) is 1.45. The van der Waals surface area contributed by atoms with Gasteiger partial charge in [-0.3, -0.25) is 9.69 Å². The maximum Gasteiger partial charge on any atom is 0.240 e. The van der Waals surface area contributed by atoms with E-state index < -0.39 is 5.54 Å². The van der Waals surface area contributed by atoms with Crippen LogP contribution in [0.3, 0.4) is 0 Å². The van der Waals surface area contributed by atoms with Crippen LogP contribution in [0.5, 0.6) is 0 Å². The van der Waals surface area contributed by atoms with Crippen LogP contribution < -0.4 is 5.32 Å². The summed E-state index contributed by atoms with van der Waals surface area (Å²) in [5, 5.41) is 3.36. The molecular formula is C12H16ClN3O. The summed E-state index contributed by atoms with van der Waals surface area (Å²) < 4.78 is 0. The normalized spacial score (nSPS) is 20.1. The number of halogens is 1. The first-order chi connectivity index (χ1) is 8.00. The number of carbonyl (C=O) groups is 1. The smallest absolute Gasteiger partial charge is 0.240 e. The van der Waals surface area contributed by atoms with Crippen molar-refractivity contribution < 1.29 is 4.79 Å². The molecule has 5 heteroatoms. The third-order valence-corrected chi connectivity index (χ3v) is 3.35. The van der Waals surface area contributed by atoms with Crippen molar-refractivity contribution in [3.63, 3.8) is 0 Å². The number of hydrogen-bond acceptors (Lipinski definition) is 3. The lowest BCUT2D eigenvalue weighted by atomic mass is 9.98. The van der Waals surface area contributed by atoms with Gasteiger partial charge in [0.25, 0.3) is 0 Å². The van der Waals surface area contributed by atoms with Gasteiger partial charge in [-0.2, -0.15) is 0 Å². The zero-order chi connectivity index (χ0) is 12.5.